The highest BCUT2D eigenvalue weighted by Crippen LogP contribution is 2.28. The molecule has 2 heteroatoms. The number of nitrogens with zero attached hydrogens (tertiary/aromatic N) is 1. The topological polar surface area (TPSA) is 29.3 Å². The summed E-state index contributed by atoms with van der Waals surface area (Å²) in [6.07, 6.45) is 1.16. The second-order valence-corrected chi connectivity index (χ2v) is 5.74. The van der Waals surface area contributed by atoms with Crippen LogP contribution in [-0.2, 0) is 0 Å². The number of rotatable bonds is 3. The fourth-order valence-electron chi connectivity index (χ4n) is 1.82. The summed E-state index contributed by atoms with van der Waals surface area (Å²) in [5, 5.41) is 0. The standard InChI is InChI=1S/C14H24N2/c1-11-7-6-8-12(15)13(11)16(5)10-9-14(2,3)4/h6-8H,9-10,15H2,1-5H3. The molecule has 0 aromatic heterocycles. The van der Waals surface area contributed by atoms with Crippen molar-refractivity contribution in [2.24, 2.45) is 5.41 Å². The molecular formula is C14H24N2. The van der Waals surface area contributed by atoms with Crippen LogP contribution in [0, 0.1) is 12.3 Å². The summed E-state index contributed by atoms with van der Waals surface area (Å²) < 4.78 is 0. The van der Waals surface area contributed by atoms with Gasteiger partial charge in [0, 0.05) is 13.6 Å². The molecular weight excluding hydrogens is 196 g/mol. The summed E-state index contributed by atoms with van der Waals surface area (Å²) in [5.74, 6) is 0. The summed E-state index contributed by atoms with van der Waals surface area (Å²) in [7, 11) is 2.12. The van der Waals surface area contributed by atoms with E-state index in [0.717, 1.165) is 18.7 Å². The maximum absolute atomic E-state index is 6.02. The second kappa shape index (κ2) is 4.77. The molecule has 0 aliphatic rings. The van der Waals surface area contributed by atoms with Crippen molar-refractivity contribution in [3.8, 4) is 0 Å². The van der Waals surface area contributed by atoms with Crippen LogP contribution in [0.15, 0.2) is 18.2 Å². The fourth-order valence-corrected chi connectivity index (χ4v) is 1.82. The van der Waals surface area contributed by atoms with Gasteiger partial charge in [-0.05, 0) is 30.4 Å². The molecule has 16 heavy (non-hydrogen) atoms. The summed E-state index contributed by atoms with van der Waals surface area (Å²) in [6.45, 7) is 9.95. The van der Waals surface area contributed by atoms with Crippen LogP contribution >= 0.6 is 0 Å². The first-order valence-corrected chi connectivity index (χ1v) is 5.87. The van der Waals surface area contributed by atoms with Crippen molar-refractivity contribution in [2.75, 3.05) is 24.2 Å². The van der Waals surface area contributed by atoms with Gasteiger partial charge in [0.1, 0.15) is 0 Å². The van der Waals surface area contributed by atoms with Gasteiger partial charge in [-0.15, -0.1) is 0 Å². The molecule has 0 atom stereocenters. The number of hydrogen-bond acceptors (Lipinski definition) is 2. The van der Waals surface area contributed by atoms with E-state index in [2.05, 4.69) is 45.7 Å². The molecule has 0 fully saturated rings. The quantitative estimate of drug-likeness (QED) is 0.791. The summed E-state index contributed by atoms with van der Waals surface area (Å²) in [6, 6.07) is 6.08. The van der Waals surface area contributed by atoms with Crippen molar-refractivity contribution in [2.45, 2.75) is 34.1 Å². The minimum Gasteiger partial charge on any atom is -0.397 e. The SMILES string of the molecule is Cc1cccc(N)c1N(C)CCC(C)(C)C. The Balaban J connectivity index is 2.77. The zero-order chi connectivity index (χ0) is 12.3. The molecule has 0 heterocycles. The van der Waals surface area contributed by atoms with E-state index in [1.165, 1.54) is 11.3 Å². The van der Waals surface area contributed by atoms with Gasteiger partial charge in [0.2, 0.25) is 0 Å². The zero-order valence-electron chi connectivity index (χ0n) is 11.2. The van der Waals surface area contributed by atoms with Gasteiger partial charge in [0.05, 0.1) is 11.4 Å². The third-order valence-electron chi connectivity index (χ3n) is 2.85. The van der Waals surface area contributed by atoms with E-state index in [4.69, 9.17) is 5.73 Å². The van der Waals surface area contributed by atoms with Crippen molar-refractivity contribution in [3.05, 3.63) is 23.8 Å². The molecule has 0 unspecified atom stereocenters. The van der Waals surface area contributed by atoms with Crippen LogP contribution in [0.4, 0.5) is 11.4 Å². The van der Waals surface area contributed by atoms with E-state index in [0.29, 0.717) is 5.41 Å². The van der Waals surface area contributed by atoms with E-state index < -0.39 is 0 Å². The van der Waals surface area contributed by atoms with Gasteiger partial charge in [-0.1, -0.05) is 32.9 Å². The molecule has 0 saturated heterocycles. The van der Waals surface area contributed by atoms with Crippen molar-refractivity contribution >= 4 is 11.4 Å². The van der Waals surface area contributed by atoms with Crippen molar-refractivity contribution in [1.82, 2.24) is 0 Å². The van der Waals surface area contributed by atoms with Gasteiger partial charge in [0.15, 0.2) is 0 Å². The molecule has 0 radical (unpaired) electrons. The van der Waals surface area contributed by atoms with Crippen LogP contribution in [0.5, 0.6) is 0 Å². The third kappa shape index (κ3) is 3.44. The normalized spacial score (nSPS) is 11.6. The summed E-state index contributed by atoms with van der Waals surface area (Å²) >= 11 is 0. The molecule has 1 aromatic rings. The molecule has 0 spiro atoms. The Kier molecular flexibility index (Phi) is 3.84. The maximum atomic E-state index is 6.02. The molecule has 0 saturated carbocycles. The predicted molar refractivity (Wildman–Crippen MR) is 72.9 cm³/mol. The average molecular weight is 220 g/mol. The Hall–Kier alpha value is -1.18. The molecule has 1 aromatic carbocycles. The van der Waals surface area contributed by atoms with Crippen LogP contribution in [0.25, 0.3) is 0 Å². The number of aryl methyl sites for hydroxylation is 1. The first-order chi connectivity index (χ1) is 7.31. The highest BCUT2D eigenvalue weighted by Gasteiger charge is 2.13. The monoisotopic (exact) mass is 220 g/mol. The number of anilines is 2. The van der Waals surface area contributed by atoms with Gasteiger partial charge in [-0.3, -0.25) is 0 Å². The Labute approximate surface area is 99.5 Å². The molecule has 90 valence electrons. The maximum Gasteiger partial charge on any atom is 0.0627 e. The minimum absolute atomic E-state index is 0.367. The minimum atomic E-state index is 0.367. The van der Waals surface area contributed by atoms with E-state index in [1.54, 1.807) is 0 Å². The van der Waals surface area contributed by atoms with Crippen LogP contribution in [0.3, 0.4) is 0 Å². The highest BCUT2D eigenvalue weighted by atomic mass is 15.1. The average Bonchev–Trinajstić information content (AvgIpc) is 2.13. The number of benzene rings is 1. The summed E-state index contributed by atoms with van der Waals surface area (Å²) in [5.41, 5.74) is 9.68. The number of hydrogen-bond donors (Lipinski definition) is 1. The van der Waals surface area contributed by atoms with Crippen LogP contribution in [0.1, 0.15) is 32.8 Å². The lowest BCUT2D eigenvalue weighted by atomic mass is 9.92. The molecule has 0 aliphatic heterocycles. The van der Waals surface area contributed by atoms with Gasteiger partial charge >= 0.3 is 0 Å². The molecule has 0 bridgehead atoms. The van der Waals surface area contributed by atoms with Crippen molar-refractivity contribution in [1.29, 1.82) is 0 Å². The lowest BCUT2D eigenvalue weighted by Gasteiger charge is -2.27. The zero-order valence-corrected chi connectivity index (χ0v) is 11.2. The largest absolute Gasteiger partial charge is 0.397 e. The molecule has 1 rings (SSSR count). The Morgan fingerprint density at radius 1 is 1.25 bits per heavy atom. The van der Waals surface area contributed by atoms with Crippen molar-refractivity contribution < 1.29 is 0 Å². The second-order valence-electron chi connectivity index (χ2n) is 5.74. The number of nitrogen functional groups attached to an aromatic ring is 1. The Bertz CT molecular complexity index is 330. The fraction of sp³-hybridized carbons (Fsp3) is 0.571. The molecule has 2 nitrogen and oxygen atoms in total. The van der Waals surface area contributed by atoms with E-state index in [9.17, 15) is 0 Å². The van der Waals surface area contributed by atoms with Crippen LogP contribution in [-0.4, -0.2) is 13.6 Å². The lowest BCUT2D eigenvalue weighted by Crippen LogP contribution is -2.24. The summed E-state index contributed by atoms with van der Waals surface area (Å²) in [4.78, 5) is 2.26. The van der Waals surface area contributed by atoms with Crippen LogP contribution < -0.4 is 10.6 Å². The number of nitrogens with two attached hydrogens (primary N) is 1. The van der Waals surface area contributed by atoms with E-state index >= 15 is 0 Å². The van der Waals surface area contributed by atoms with Gasteiger partial charge in [0.25, 0.3) is 0 Å². The Morgan fingerprint density at radius 2 is 1.88 bits per heavy atom. The Morgan fingerprint density at radius 3 is 2.38 bits per heavy atom. The first-order valence-electron chi connectivity index (χ1n) is 5.87. The predicted octanol–water partition coefficient (Wildman–Crippen LogP) is 3.45. The van der Waals surface area contributed by atoms with Gasteiger partial charge in [-0.25, -0.2) is 0 Å². The first kappa shape index (κ1) is 12.9. The van der Waals surface area contributed by atoms with Gasteiger partial charge < -0.3 is 10.6 Å². The van der Waals surface area contributed by atoms with Crippen LogP contribution in [0.2, 0.25) is 0 Å². The molecule has 0 amide bonds. The number of para-hydroxylation sites is 1. The molecule has 0 aliphatic carbocycles. The lowest BCUT2D eigenvalue weighted by molar-refractivity contribution is 0.381. The smallest absolute Gasteiger partial charge is 0.0627 e. The van der Waals surface area contributed by atoms with E-state index in [-0.39, 0.29) is 0 Å². The third-order valence-corrected chi connectivity index (χ3v) is 2.85. The van der Waals surface area contributed by atoms with Crippen molar-refractivity contribution in [3.63, 3.8) is 0 Å². The van der Waals surface area contributed by atoms with Gasteiger partial charge in [-0.2, -0.15) is 0 Å². The molecule has 2 N–H and O–H groups in total. The van der Waals surface area contributed by atoms with E-state index in [1.807, 2.05) is 12.1 Å². The highest BCUT2D eigenvalue weighted by molar-refractivity contribution is 5.70.